The lowest BCUT2D eigenvalue weighted by Gasteiger charge is -2.17. The number of hydrogen-bond acceptors (Lipinski definition) is 3. The number of anilines is 1. The molecule has 3 rings (SSSR count). The molecule has 1 N–H and O–H groups in total. The fourth-order valence-electron chi connectivity index (χ4n) is 2.99. The van der Waals surface area contributed by atoms with Crippen LogP contribution in [0.2, 0.25) is 0 Å². The van der Waals surface area contributed by atoms with Crippen LogP contribution in [-0.4, -0.2) is 40.6 Å². The van der Waals surface area contributed by atoms with E-state index >= 15 is 0 Å². The molecule has 6 heteroatoms. The van der Waals surface area contributed by atoms with Crippen LogP contribution >= 0.6 is 0 Å². The van der Waals surface area contributed by atoms with E-state index in [9.17, 15) is 19.1 Å². The molecule has 3 amide bonds. The van der Waals surface area contributed by atoms with Crippen molar-refractivity contribution in [2.75, 3.05) is 11.4 Å². The van der Waals surface area contributed by atoms with Crippen LogP contribution in [0.25, 0.3) is 0 Å². The Hall–Kier alpha value is -1.95. The summed E-state index contributed by atoms with van der Waals surface area (Å²) in [7, 11) is 0. The third kappa shape index (κ3) is 2.10. The van der Waals surface area contributed by atoms with Crippen molar-refractivity contribution in [3.63, 3.8) is 0 Å². The van der Waals surface area contributed by atoms with Crippen molar-refractivity contribution in [1.29, 1.82) is 0 Å². The van der Waals surface area contributed by atoms with E-state index in [1.54, 1.807) is 12.1 Å². The molecule has 2 saturated heterocycles. The van der Waals surface area contributed by atoms with Gasteiger partial charge in [0, 0.05) is 13.0 Å². The first-order chi connectivity index (χ1) is 9.90. The summed E-state index contributed by atoms with van der Waals surface area (Å²) >= 11 is 0. The highest BCUT2D eigenvalue weighted by Crippen LogP contribution is 2.33. The summed E-state index contributed by atoms with van der Waals surface area (Å²) in [6.45, 7) is 3.90. The van der Waals surface area contributed by atoms with Gasteiger partial charge in [-0.1, -0.05) is 19.9 Å². The van der Waals surface area contributed by atoms with Gasteiger partial charge in [-0.15, -0.1) is 0 Å². The molecule has 2 aliphatic heterocycles. The molecular formula is C15H17FN2O3. The zero-order valence-electron chi connectivity index (χ0n) is 11.9. The van der Waals surface area contributed by atoms with Crippen molar-refractivity contribution in [3.05, 3.63) is 29.6 Å². The number of imide groups is 1. The number of hydrogen-bond donors (Lipinski definition) is 1. The predicted molar refractivity (Wildman–Crippen MR) is 74.5 cm³/mol. The number of amides is 3. The smallest absolute Gasteiger partial charge is 0.332 e. The van der Waals surface area contributed by atoms with Crippen LogP contribution in [0.4, 0.5) is 14.9 Å². The Morgan fingerprint density at radius 3 is 2.62 bits per heavy atom. The average Bonchev–Trinajstić information content (AvgIpc) is 2.89. The number of aliphatic hydroxyl groups excluding tert-OH is 1. The minimum Gasteiger partial charge on any atom is -0.391 e. The van der Waals surface area contributed by atoms with Gasteiger partial charge in [0.1, 0.15) is 11.9 Å². The Balaban J connectivity index is 1.93. The Labute approximate surface area is 122 Å². The van der Waals surface area contributed by atoms with Gasteiger partial charge in [0.25, 0.3) is 5.91 Å². The lowest BCUT2D eigenvalue weighted by molar-refractivity contribution is -0.119. The first-order valence-electron chi connectivity index (χ1n) is 7.02. The molecule has 0 unspecified atom stereocenters. The topological polar surface area (TPSA) is 60.9 Å². The third-order valence-electron chi connectivity index (χ3n) is 4.09. The first kappa shape index (κ1) is 14.0. The number of carbonyl (C=O) groups is 2. The molecule has 1 aromatic rings. The lowest BCUT2D eigenvalue weighted by atomic mass is 10.0. The van der Waals surface area contributed by atoms with Crippen molar-refractivity contribution >= 4 is 17.6 Å². The normalized spacial score (nSPS) is 25.2. The van der Waals surface area contributed by atoms with Gasteiger partial charge in [0.2, 0.25) is 0 Å². The van der Waals surface area contributed by atoms with Gasteiger partial charge < -0.3 is 10.0 Å². The molecule has 112 valence electrons. The second-order valence-electron chi connectivity index (χ2n) is 5.87. The molecule has 2 aliphatic rings. The Kier molecular flexibility index (Phi) is 3.20. The molecule has 0 aliphatic carbocycles. The van der Waals surface area contributed by atoms with E-state index in [1.165, 1.54) is 11.0 Å². The Bertz CT molecular complexity index is 593. The minimum absolute atomic E-state index is 0.0299. The van der Waals surface area contributed by atoms with E-state index in [-0.39, 0.29) is 24.6 Å². The maximum Gasteiger partial charge on any atom is 0.332 e. The molecule has 2 heterocycles. The lowest BCUT2D eigenvalue weighted by Crippen LogP contribution is -2.35. The molecule has 0 aromatic heterocycles. The third-order valence-corrected chi connectivity index (χ3v) is 4.09. The second-order valence-corrected chi connectivity index (χ2v) is 5.87. The van der Waals surface area contributed by atoms with Crippen molar-refractivity contribution < 1.29 is 19.1 Å². The van der Waals surface area contributed by atoms with Gasteiger partial charge in [-0.2, -0.15) is 0 Å². The van der Waals surface area contributed by atoms with Crippen LogP contribution < -0.4 is 4.90 Å². The number of halogens is 1. The summed E-state index contributed by atoms with van der Waals surface area (Å²) in [5, 5.41) is 9.54. The highest BCUT2D eigenvalue weighted by atomic mass is 19.1. The highest BCUT2D eigenvalue weighted by molar-refractivity contribution is 6.21. The molecule has 5 nitrogen and oxygen atoms in total. The highest BCUT2D eigenvalue weighted by Gasteiger charge is 2.50. The fraction of sp³-hybridized carbons (Fsp3) is 0.467. The van der Waals surface area contributed by atoms with Crippen molar-refractivity contribution in [2.24, 2.45) is 0 Å². The van der Waals surface area contributed by atoms with Crippen LogP contribution in [0.5, 0.6) is 0 Å². The zero-order valence-corrected chi connectivity index (χ0v) is 11.9. The largest absolute Gasteiger partial charge is 0.391 e. The van der Waals surface area contributed by atoms with Crippen LogP contribution in [0.15, 0.2) is 18.2 Å². The summed E-state index contributed by atoms with van der Waals surface area (Å²) < 4.78 is 14.1. The van der Waals surface area contributed by atoms with E-state index in [2.05, 4.69) is 0 Å². The Morgan fingerprint density at radius 1 is 1.33 bits per heavy atom. The molecule has 0 bridgehead atoms. The van der Waals surface area contributed by atoms with Crippen molar-refractivity contribution in [2.45, 2.75) is 38.3 Å². The number of rotatable bonds is 2. The summed E-state index contributed by atoms with van der Waals surface area (Å²) in [5.74, 6) is -0.786. The summed E-state index contributed by atoms with van der Waals surface area (Å²) in [6, 6.07) is 3.31. The quantitative estimate of drug-likeness (QED) is 0.846. The number of carbonyl (C=O) groups excluding carboxylic acids is 2. The molecule has 0 radical (unpaired) electrons. The van der Waals surface area contributed by atoms with Gasteiger partial charge >= 0.3 is 6.03 Å². The maximum absolute atomic E-state index is 14.1. The monoisotopic (exact) mass is 292 g/mol. The maximum atomic E-state index is 14.1. The molecule has 0 saturated carbocycles. The first-order valence-corrected chi connectivity index (χ1v) is 7.02. The van der Waals surface area contributed by atoms with E-state index in [1.807, 2.05) is 13.8 Å². The van der Waals surface area contributed by atoms with Gasteiger partial charge in [0.05, 0.1) is 11.8 Å². The van der Waals surface area contributed by atoms with Gasteiger partial charge in [-0.05, 0) is 23.6 Å². The van der Waals surface area contributed by atoms with Gasteiger partial charge in [0.15, 0.2) is 0 Å². The molecule has 1 aromatic carbocycles. The van der Waals surface area contributed by atoms with E-state index < -0.39 is 29.9 Å². The fourth-order valence-corrected chi connectivity index (χ4v) is 2.99. The van der Waals surface area contributed by atoms with E-state index in [0.717, 1.165) is 4.90 Å². The van der Waals surface area contributed by atoms with Gasteiger partial charge in [-0.25, -0.2) is 14.1 Å². The standard InChI is InChI=1S/C15H17FN2O3/c1-8(2)11-4-3-9(5-12(11)16)18-14(20)13-6-10(19)7-17(13)15(18)21/h3-5,8,10,13,19H,6-7H2,1-2H3/t10-,13+/m1/s1. The van der Waals surface area contributed by atoms with Crippen LogP contribution in [0.1, 0.15) is 31.7 Å². The van der Waals surface area contributed by atoms with Crippen molar-refractivity contribution in [3.8, 4) is 0 Å². The van der Waals surface area contributed by atoms with Crippen molar-refractivity contribution in [1.82, 2.24) is 4.90 Å². The summed E-state index contributed by atoms with van der Waals surface area (Å²) in [4.78, 5) is 26.9. The number of benzene rings is 1. The zero-order chi connectivity index (χ0) is 15.3. The minimum atomic E-state index is -0.662. The van der Waals surface area contributed by atoms with Crippen LogP contribution in [0.3, 0.4) is 0 Å². The SMILES string of the molecule is CC(C)c1ccc(N2C(=O)[C@@H]3C[C@@H](O)CN3C2=O)cc1F. The number of fused-ring (bicyclic) bond motifs is 1. The predicted octanol–water partition coefficient (Wildman–Crippen LogP) is 1.85. The van der Waals surface area contributed by atoms with E-state index in [0.29, 0.717) is 5.56 Å². The van der Waals surface area contributed by atoms with Gasteiger partial charge in [-0.3, -0.25) is 4.79 Å². The number of aliphatic hydroxyl groups is 1. The van der Waals surface area contributed by atoms with Crippen LogP contribution in [0, 0.1) is 5.82 Å². The molecular weight excluding hydrogens is 275 g/mol. The summed E-state index contributed by atoms with van der Waals surface area (Å²) in [5.41, 5.74) is 0.796. The molecule has 2 fully saturated rings. The summed E-state index contributed by atoms with van der Waals surface area (Å²) in [6.07, 6.45) is -0.418. The molecule has 0 spiro atoms. The molecule has 2 atom stereocenters. The second kappa shape index (κ2) is 4.80. The Morgan fingerprint density at radius 2 is 2.05 bits per heavy atom. The number of urea groups is 1. The van der Waals surface area contributed by atoms with Crippen LogP contribution in [-0.2, 0) is 4.79 Å². The molecule has 21 heavy (non-hydrogen) atoms. The average molecular weight is 292 g/mol. The van der Waals surface area contributed by atoms with E-state index in [4.69, 9.17) is 0 Å². The number of nitrogens with zero attached hydrogens (tertiary/aromatic N) is 2.